The quantitative estimate of drug-likeness (QED) is 0.731. The highest BCUT2D eigenvalue weighted by molar-refractivity contribution is 7.09. The zero-order chi connectivity index (χ0) is 11.5. The summed E-state index contributed by atoms with van der Waals surface area (Å²) in [5.41, 5.74) is 8.58. The number of nitrogens with zero attached hydrogens (tertiary/aromatic N) is 2. The molecule has 1 amide bonds. The molecule has 0 unspecified atom stereocenters. The van der Waals surface area contributed by atoms with Crippen molar-refractivity contribution >= 4 is 23.1 Å². The van der Waals surface area contributed by atoms with Crippen LogP contribution in [-0.4, -0.2) is 21.1 Å². The first-order valence-corrected chi connectivity index (χ1v) is 5.52. The van der Waals surface area contributed by atoms with Crippen LogP contribution in [-0.2, 0) is 6.54 Å². The fourth-order valence-corrected chi connectivity index (χ4v) is 1.95. The molecule has 0 aromatic carbocycles. The number of aromatic nitrogens is 3. The topological polar surface area (TPSA) is 96.7 Å². The van der Waals surface area contributed by atoms with Crippen LogP contribution in [0.1, 0.15) is 20.9 Å². The predicted molar refractivity (Wildman–Crippen MR) is 61.0 cm³/mol. The standard InChI is InChI=1S/C9H11N5OS/c1-5-7(16-4-12-5)3-11-9(15)6-2-13-14-8(6)10/h2,4H,3H2,1H3,(H,11,15)(H3,10,13,14). The van der Waals surface area contributed by atoms with Crippen LogP contribution in [0.4, 0.5) is 5.82 Å². The Bertz CT molecular complexity index is 503. The monoisotopic (exact) mass is 237 g/mol. The van der Waals surface area contributed by atoms with Crippen LogP contribution in [0, 0.1) is 6.92 Å². The van der Waals surface area contributed by atoms with Gasteiger partial charge >= 0.3 is 0 Å². The molecule has 6 nitrogen and oxygen atoms in total. The minimum absolute atomic E-state index is 0.237. The molecule has 0 saturated heterocycles. The van der Waals surface area contributed by atoms with Crippen molar-refractivity contribution in [3.8, 4) is 0 Å². The van der Waals surface area contributed by atoms with Gasteiger partial charge in [0, 0.05) is 4.88 Å². The molecule has 2 aromatic heterocycles. The van der Waals surface area contributed by atoms with Crippen LogP contribution >= 0.6 is 11.3 Å². The number of aromatic amines is 1. The normalized spacial score (nSPS) is 10.3. The third-order valence-corrected chi connectivity index (χ3v) is 3.10. The number of nitrogen functional groups attached to an aromatic ring is 1. The lowest BCUT2D eigenvalue weighted by Gasteiger charge is -2.02. The Morgan fingerprint density at radius 2 is 2.50 bits per heavy atom. The number of rotatable bonds is 3. The van der Waals surface area contributed by atoms with Gasteiger partial charge in [0.25, 0.3) is 5.91 Å². The van der Waals surface area contributed by atoms with Crippen LogP contribution in [0.3, 0.4) is 0 Å². The molecule has 0 fully saturated rings. The number of nitrogens with two attached hydrogens (primary N) is 1. The highest BCUT2D eigenvalue weighted by atomic mass is 32.1. The van der Waals surface area contributed by atoms with E-state index < -0.39 is 0 Å². The van der Waals surface area contributed by atoms with E-state index in [1.165, 1.54) is 17.5 Å². The molecule has 0 saturated carbocycles. The van der Waals surface area contributed by atoms with E-state index in [0.717, 1.165) is 10.6 Å². The maximum Gasteiger partial charge on any atom is 0.256 e. The molecule has 2 rings (SSSR count). The van der Waals surface area contributed by atoms with Gasteiger partial charge in [-0.2, -0.15) is 5.10 Å². The van der Waals surface area contributed by atoms with E-state index in [2.05, 4.69) is 20.5 Å². The van der Waals surface area contributed by atoms with Crippen LogP contribution < -0.4 is 11.1 Å². The number of nitrogens with one attached hydrogen (secondary N) is 2. The number of aryl methyl sites for hydroxylation is 1. The van der Waals surface area contributed by atoms with Crippen LogP contribution in [0.2, 0.25) is 0 Å². The van der Waals surface area contributed by atoms with Crippen molar-refractivity contribution in [1.29, 1.82) is 0 Å². The van der Waals surface area contributed by atoms with Crippen molar-refractivity contribution in [2.75, 3.05) is 5.73 Å². The van der Waals surface area contributed by atoms with Gasteiger partial charge in [0.2, 0.25) is 0 Å². The van der Waals surface area contributed by atoms with Gasteiger partial charge in [0.1, 0.15) is 11.4 Å². The summed E-state index contributed by atoms with van der Waals surface area (Å²) in [7, 11) is 0. The van der Waals surface area contributed by atoms with E-state index in [4.69, 9.17) is 5.73 Å². The number of H-pyrrole nitrogens is 1. The average Bonchev–Trinajstić information content (AvgIpc) is 2.84. The molecule has 0 spiro atoms. The molecule has 16 heavy (non-hydrogen) atoms. The van der Waals surface area contributed by atoms with Crippen molar-refractivity contribution in [3.05, 3.63) is 27.8 Å². The Labute approximate surface area is 95.9 Å². The van der Waals surface area contributed by atoms with Crippen LogP contribution in [0.5, 0.6) is 0 Å². The number of carbonyl (C=O) groups is 1. The summed E-state index contributed by atoms with van der Waals surface area (Å²) in [6.07, 6.45) is 1.41. The molecule has 84 valence electrons. The molecule has 0 aliphatic carbocycles. The largest absolute Gasteiger partial charge is 0.383 e. The number of hydrogen-bond donors (Lipinski definition) is 3. The lowest BCUT2D eigenvalue weighted by molar-refractivity contribution is 0.0952. The molecule has 0 aliphatic rings. The first-order valence-electron chi connectivity index (χ1n) is 4.64. The van der Waals surface area contributed by atoms with E-state index in [-0.39, 0.29) is 11.7 Å². The van der Waals surface area contributed by atoms with E-state index in [1.807, 2.05) is 6.92 Å². The van der Waals surface area contributed by atoms with Crippen LogP contribution in [0.25, 0.3) is 0 Å². The smallest absolute Gasteiger partial charge is 0.256 e. The summed E-state index contributed by atoms with van der Waals surface area (Å²) in [5.74, 6) is 0.0394. The van der Waals surface area contributed by atoms with Crippen molar-refractivity contribution in [2.45, 2.75) is 13.5 Å². The van der Waals surface area contributed by atoms with Gasteiger partial charge in [-0.3, -0.25) is 9.89 Å². The molecule has 7 heteroatoms. The Morgan fingerprint density at radius 1 is 1.69 bits per heavy atom. The van der Waals surface area contributed by atoms with Gasteiger partial charge in [-0.1, -0.05) is 0 Å². The number of carbonyl (C=O) groups excluding carboxylic acids is 1. The van der Waals surface area contributed by atoms with Crippen LogP contribution in [0.15, 0.2) is 11.7 Å². The lowest BCUT2D eigenvalue weighted by Crippen LogP contribution is -2.23. The van der Waals surface area contributed by atoms with Gasteiger partial charge in [-0.15, -0.1) is 11.3 Å². The van der Waals surface area contributed by atoms with Gasteiger partial charge in [0.15, 0.2) is 0 Å². The second kappa shape index (κ2) is 4.31. The second-order valence-corrected chi connectivity index (χ2v) is 4.18. The average molecular weight is 237 g/mol. The molecule has 2 aromatic rings. The third kappa shape index (κ3) is 2.03. The van der Waals surface area contributed by atoms with Crippen molar-refractivity contribution in [2.24, 2.45) is 0 Å². The zero-order valence-electron chi connectivity index (χ0n) is 8.65. The molecule has 0 bridgehead atoms. The lowest BCUT2D eigenvalue weighted by atomic mass is 10.3. The molecule has 0 aliphatic heterocycles. The molecule has 4 N–H and O–H groups in total. The highest BCUT2D eigenvalue weighted by Gasteiger charge is 2.11. The summed E-state index contributed by atoms with van der Waals surface area (Å²) in [5, 5.41) is 8.96. The Hall–Kier alpha value is -1.89. The van der Waals surface area contributed by atoms with Crippen molar-refractivity contribution in [3.63, 3.8) is 0 Å². The van der Waals surface area contributed by atoms with Gasteiger partial charge < -0.3 is 11.1 Å². The fourth-order valence-electron chi connectivity index (χ4n) is 1.23. The van der Waals surface area contributed by atoms with Gasteiger partial charge in [-0.05, 0) is 6.92 Å². The molecule has 0 atom stereocenters. The summed E-state index contributed by atoms with van der Waals surface area (Å²) in [6.45, 7) is 2.37. The molecule has 0 radical (unpaired) electrons. The highest BCUT2D eigenvalue weighted by Crippen LogP contribution is 2.12. The van der Waals surface area contributed by atoms with Crippen molar-refractivity contribution < 1.29 is 4.79 Å². The Balaban J connectivity index is 1.99. The maximum absolute atomic E-state index is 11.7. The minimum Gasteiger partial charge on any atom is -0.383 e. The van der Waals surface area contributed by atoms with Gasteiger partial charge in [0.05, 0.1) is 23.9 Å². The van der Waals surface area contributed by atoms with E-state index in [1.54, 1.807) is 5.51 Å². The fraction of sp³-hybridized carbons (Fsp3) is 0.222. The second-order valence-electron chi connectivity index (χ2n) is 3.24. The SMILES string of the molecule is Cc1ncsc1CNC(=O)c1cn[nH]c1N. The first kappa shape index (κ1) is 10.6. The Morgan fingerprint density at radius 3 is 3.06 bits per heavy atom. The first-order chi connectivity index (χ1) is 7.68. The number of amides is 1. The maximum atomic E-state index is 11.7. The summed E-state index contributed by atoms with van der Waals surface area (Å²) < 4.78 is 0. The predicted octanol–water partition coefficient (Wildman–Crippen LogP) is 0.687. The van der Waals surface area contributed by atoms with E-state index in [0.29, 0.717) is 12.1 Å². The summed E-state index contributed by atoms with van der Waals surface area (Å²) in [4.78, 5) is 16.8. The van der Waals surface area contributed by atoms with E-state index >= 15 is 0 Å². The number of anilines is 1. The molecule has 2 heterocycles. The van der Waals surface area contributed by atoms with E-state index in [9.17, 15) is 4.79 Å². The number of thiazole rings is 1. The number of hydrogen-bond acceptors (Lipinski definition) is 5. The summed E-state index contributed by atoms with van der Waals surface area (Å²) in [6, 6.07) is 0. The third-order valence-electron chi connectivity index (χ3n) is 2.17. The molecular weight excluding hydrogens is 226 g/mol. The summed E-state index contributed by atoms with van der Waals surface area (Å²) >= 11 is 1.51. The molecular formula is C9H11N5OS. The minimum atomic E-state index is -0.237. The van der Waals surface area contributed by atoms with Crippen molar-refractivity contribution in [1.82, 2.24) is 20.5 Å². The zero-order valence-corrected chi connectivity index (χ0v) is 9.47. The Kier molecular flexibility index (Phi) is 2.86. The van der Waals surface area contributed by atoms with Gasteiger partial charge in [-0.25, -0.2) is 4.98 Å².